The van der Waals surface area contributed by atoms with E-state index in [1.54, 1.807) is 0 Å². The van der Waals surface area contributed by atoms with Gasteiger partial charge in [0, 0.05) is 22.0 Å². The maximum absolute atomic E-state index is 6.14. The monoisotopic (exact) mass is 269 g/mol. The van der Waals surface area contributed by atoms with Gasteiger partial charge in [0.2, 0.25) is 0 Å². The highest BCUT2D eigenvalue weighted by atomic mass is 79.9. The van der Waals surface area contributed by atoms with Crippen molar-refractivity contribution in [1.82, 2.24) is 0 Å². The van der Waals surface area contributed by atoms with Crippen LogP contribution in [-0.4, -0.2) is 6.10 Å². The number of hydrogen-bond donors (Lipinski definition) is 1. The molecule has 82 valence electrons. The van der Waals surface area contributed by atoms with Crippen molar-refractivity contribution in [2.45, 2.75) is 38.8 Å². The summed E-state index contributed by atoms with van der Waals surface area (Å²) in [7, 11) is 0. The molecule has 2 rings (SSSR count). The highest BCUT2D eigenvalue weighted by Crippen LogP contribution is 2.39. The first-order valence-electron chi connectivity index (χ1n) is 5.16. The molecule has 0 saturated carbocycles. The Morgan fingerprint density at radius 1 is 1.47 bits per heavy atom. The molecule has 0 amide bonds. The Hall–Kier alpha value is -0.540. The lowest BCUT2D eigenvalue weighted by Gasteiger charge is -2.22. The number of hydrogen-bond acceptors (Lipinski definition) is 2. The zero-order valence-corrected chi connectivity index (χ0v) is 10.9. The second kappa shape index (κ2) is 3.49. The standard InChI is InChI=1S/C12H16BrNO/c1-7-4-8-5-9(13)6-10(11(8)15-7)12(2,3)14/h5-7H,4,14H2,1-3H3. The largest absolute Gasteiger partial charge is 0.490 e. The molecule has 2 N–H and O–H groups in total. The maximum Gasteiger partial charge on any atom is 0.128 e. The Kier molecular flexibility index (Phi) is 2.55. The quantitative estimate of drug-likeness (QED) is 0.851. The van der Waals surface area contributed by atoms with E-state index < -0.39 is 0 Å². The molecule has 3 heteroatoms. The van der Waals surface area contributed by atoms with Gasteiger partial charge >= 0.3 is 0 Å². The zero-order chi connectivity index (χ0) is 11.2. The van der Waals surface area contributed by atoms with Gasteiger partial charge in [-0.15, -0.1) is 0 Å². The molecule has 1 atom stereocenters. The van der Waals surface area contributed by atoms with Crippen LogP contribution in [0.1, 0.15) is 31.9 Å². The smallest absolute Gasteiger partial charge is 0.128 e. The molecule has 1 aliphatic rings. The molecule has 0 fully saturated rings. The van der Waals surface area contributed by atoms with Crippen molar-refractivity contribution in [3.05, 3.63) is 27.7 Å². The molecule has 1 aliphatic heterocycles. The molecule has 0 bridgehead atoms. The van der Waals surface area contributed by atoms with Crippen LogP contribution in [0.2, 0.25) is 0 Å². The summed E-state index contributed by atoms with van der Waals surface area (Å²) in [5.74, 6) is 0.984. The predicted octanol–water partition coefficient (Wildman–Crippen LogP) is 2.97. The van der Waals surface area contributed by atoms with E-state index >= 15 is 0 Å². The molecular formula is C12H16BrNO. The second-order valence-corrected chi connectivity index (χ2v) is 5.71. The molecular weight excluding hydrogens is 254 g/mol. The number of rotatable bonds is 1. The zero-order valence-electron chi connectivity index (χ0n) is 9.30. The van der Waals surface area contributed by atoms with Crippen LogP contribution < -0.4 is 10.5 Å². The van der Waals surface area contributed by atoms with Crippen LogP contribution in [0.25, 0.3) is 0 Å². The summed E-state index contributed by atoms with van der Waals surface area (Å²) in [6.07, 6.45) is 1.23. The van der Waals surface area contributed by atoms with E-state index in [0.717, 1.165) is 22.2 Å². The third kappa shape index (κ3) is 2.04. The highest BCUT2D eigenvalue weighted by molar-refractivity contribution is 9.10. The minimum absolute atomic E-state index is 0.260. The lowest BCUT2D eigenvalue weighted by atomic mass is 9.92. The first-order chi connectivity index (χ1) is 6.88. The van der Waals surface area contributed by atoms with Crippen molar-refractivity contribution >= 4 is 15.9 Å². The van der Waals surface area contributed by atoms with E-state index in [4.69, 9.17) is 10.5 Å². The molecule has 0 aromatic heterocycles. The minimum Gasteiger partial charge on any atom is -0.490 e. The van der Waals surface area contributed by atoms with E-state index in [9.17, 15) is 0 Å². The van der Waals surface area contributed by atoms with Crippen LogP contribution in [0.15, 0.2) is 16.6 Å². The lowest BCUT2D eigenvalue weighted by Crippen LogP contribution is -2.29. The van der Waals surface area contributed by atoms with Crippen LogP contribution in [0.3, 0.4) is 0 Å². The molecule has 0 spiro atoms. The Bertz CT molecular complexity index is 395. The molecule has 1 aromatic carbocycles. The first kappa shape index (κ1) is 11.0. The summed E-state index contributed by atoms with van der Waals surface area (Å²) in [6, 6.07) is 4.17. The van der Waals surface area contributed by atoms with Gasteiger partial charge in [-0.1, -0.05) is 15.9 Å². The van der Waals surface area contributed by atoms with Crippen LogP contribution in [0.4, 0.5) is 0 Å². The first-order valence-corrected chi connectivity index (χ1v) is 5.95. The van der Waals surface area contributed by atoms with E-state index in [1.807, 2.05) is 13.8 Å². The Labute approximate surface area is 98.9 Å². The van der Waals surface area contributed by atoms with Crippen LogP contribution in [0, 0.1) is 0 Å². The highest BCUT2D eigenvalue weighted by Gasteiger charge is 2.28. The SMILES string of the molecule is CC1Cc2cc(Br)cc(C(C)(C)N)c2O1. The van der Waals surface area contributed by atoms with Gasteiger partial charge in [0.25, 0.3) is 0 Å². The fraction of sp³-hybridized carbons (Fsp3) is 0.500. The summed E-state index contributed by atoms with van der Waals surface area (Å²) < 4.78 is 6.89. The fourth-order valence-electron chi connectivity index (χ4n) is 1.97. The van der Waals surface area contributed by atoms with E-state index in [2.05, 4.69) is 35.0 Å². The van der Waals surface area contributed by atoms with Gasteiger partial charge in [-0.2, -0.15) is 0 Å². The maximum atomic E-state index is 6.14. The number of halogens is 1. The molecule has 1 heterocycles. The molecule has 1 aromatic rings. The summed E-state index contributed by atoms with van der Waals surface area (Å²) >= 11 is 3.52. The van der Waals surface area contributed by atoms with Crippen molar-refractivity contribution in [2.24, 2.45) is 5.73 Å². The average molecular weight is 270 g/mol. The third-order valence-corrected chi connectivity index (χ3v) is 3.11. The van der Waals surface area contributed by atoms with Crippen LogP contribution in [-0.2, 0) is 12.0 Å². The summed E-state index contributed by atoms with van der Waals surface area (Å²) in [5, 5.41) is 0. The van der Waals surface area contributed by atoms with Crippen molar-refractivity contribution in [3.8, 4) is 5.75 Å². The van der Waals surface area contributed by atoms with Gasteiger partial charge in [0.05, 0.1) is 0 Å². The molecule has 0 aliphatic carbocycles. The van der Waals surface area contributed by atoms with Crippen LogP contribution in [0.5, 0.6) is 5.75 Å². The fourth-order valence-corrected chi connectivity index (χ4v) is 2.48. The van der Waals surface area contributed by atoms with Gasteiger partial charge in [-0.25, -0.2) is 0 Å². The van der Waals surface area contributed by atoms with E-state index in [0.29, 0.717) is 0 Å². The summed E-state index contributed by atoms with van der Waals surface area (Å²) in [4.78, 5) is 0. The number of fused-ring (bicyclic) bond motifs is 1. The van der Waals surface area contributed by atoms with Crippen molar-refractivity contribution in [2.75, 3.05) is 0 Å². The Morgan fingerprint density at radius 3 is 2.73 bits per heavy atom. The average Bonchev–Trinajstić information content (AvgIpc) is 2.41. The summed E-state index contributed by atoms with van der Waals surface area (Å²) in [5.41, 5.74) is 8.11. The third-order valence-electron chi connectivity index (χ3n) is 2.65. The number of benzene rings is 1. The Balaban J connectivity index is 2.57. The van der Waals surface area contributed by atoms with Gasteiger partial charge in [-0.05, 0) is 38.5 Å². The summed E-state index contributed by atoms with van der Waals surface area (Å²) in [6.45, 7) is 6.09. The van der Waals surface area contributed by atoms with Gasteiger partial charge < -0.3 is 10.5 Å². The molecule has 2 nitrogen and oxygen atoms in total. The van der Waals surface area contributed by atoms with E-state index in [-0.39, 0.29) is 11.6 Å². The van der Waals surface area contributed by atoms with Crippen molar-refractivity contribution < 1.29 is 4.74 Å². The van der Waals surface area contributed by atoms with Crippen molar-refractivity contribution in [1.29, 1.82) is 0 Å². The molecule has 15 heavy (non-hydrogen) atoms. The van der Waals surface area contributed by atoms with Gasteiger partial charge in [0.15, 0.2) is 0 Å². The van der Waals surface area contributed by atoms with Crippen molar-refractivity contribution in [3.63, 3.8) is 0 Å². The molecule has 0 saturated heterocycles. The van der Waals surface area contributed by atoms with Crippen LogP contribution >= 0.6 is 15.9 Å². The minimum atomic E-state index is -0.363. The topological polar surface area (TPSA) is 35.2 Å². The normalized spacial score (nSPS) is 19.9. The lowest BCUT2D eigenvalue weighted by molar-refractivity contribution is 0.249. The molecule has 0 radical (unpaired) electrons. The predicted molar refractivity (Wildman–Crippen MR) is 65.1 cm³/mol. The van der Waals surface area contributed by atoms with Gasteiger partial charge in [0.1, 0.15) is 11.9 Å². The van der Waals surface area contributed by atoms with E-state index in [1.165, 1.54) is 5.56 Å². The van der Waals surface area contributed by atoms with Gasteiger partial charge in [-0.3, -0.25) is 0 Å². The second-order valence-electron chi connectivity index (χ2n) is 4.80. The number of nitrogens with two attached hydrogens (primary N) is 1. The number of ether oxygens (including phenoxy) is 1. The molecule has 1 unspecified atom stereocenters. The Morgan fingerprint density at radius 2 is 2.13 bits per heavy atom.